The van der Waals surface area contributed by atoms with E-state index in [-0.39, 0.29) is 5.82 Å². The summed E-state index contributed by atoms with van der Waals surface area (Å²) in [7, 11) is 0. The van der Waals surface area contributed by atoms with Crippen molar-refractivity contribution in [2.75, 3.05) is 6.61 Å². The summed E-state index contributed by atoms with van der Waals surface area (Å²) in [5.74, 6) is 0.969. The molecule has 3 rings (SSSR count). The summed E-state index contributed by atoms with van der Waals surface area (Å²) < 4.78 is 17.8. The van der Waals surface area contributed by atoms with Gasteiger partial charge in [0, 0.05) is 12.0 Å². The molecule has 0 saturated carbocycles. The Bertz CT molecular complexity index is 528. The molecule has 2 aromatic carbocycles. The summed E-state index contributed by atoms with van der Waals surface area (Å²) >= 11 is 0. The molecule has 0 spiro atoms. The number of fused-ring (bicyclic) bond motifs is 1. The van der Waals surface area contributed by atoms with E-state index in [0.717, 1.165) is 25.2 Å². The predicted molar refractivity (Wildman–Crippen MR) is 76.2 cm³/mol. The van der Waals surface area contributed by atoms with Gasteiger partial charge in [0.2, 0.25) is 0 Å². The molecule has 0 bridgehead atoms. The number of hydrogen-bond acceptors (Lipinski definition) is 1. The fourth-order valence-electron chi connectivity index (χ4n) is 2.18. The van der Waals surface area contributed by atoms with Crippen LogP contribution in [0.1, 0.15) is 23.6 Å². The van der Waals surface area contributed by atoms with Gasteiger partial charge in [-0.3, -0.25) is 0 Å². The second kappa shape index (κ2) is 6.37. The molecular weight excluding hydrogens is 239 g/mol. The lowest BCUT2D eigenvalue weighted by molar-refractivity contribution is 0.357. The topological polar surface area (TPSA) is 9.23 Å². The Labute approximate surface area is 114 Å². The van der Waals surface area contributed by atoms with Gasteiger partial charge in [-0.2, -0.15) is 0 Å². The van der Waals surface area contributed by atoms with Crippen molar-refractivity contribution in [3.8, 4) is 5.75 Å². The van der Waals surface area contributed by atoms with Gasteiger partial charge in [-0.05, 0) is 36.6 Å². The van der Waals surface area contributed by atoms with E-state index in [1.807, 2.05) is 6.07 Å². The summed E-state index contributed by atoms with van der Waals surface area (Å²) in [6.45, 7) is 4.80. The van der Waals surface area contributed by atoms with Crippen molar-refractivity contribution < 1.29 is 9.13 Å². The van der Waals surface area contributed by atoms with Crippen molar-refractivity contribution >= 4 is 0 Å². The largest absolute Gasteiger partial charge is 0.493 e. The van der Waals surface area contributed by atoms with E-state index in [9.17, 15) is 4.39 Å². The van der Waals surface area contributed by atoms with Gasteiger partial charge in [-0.15, -0.1) is 0 Å². The molecule has 0 aliphatic carbocycles. The van der Waals surface area contributed by atoms with Crippen LogP contribution in [0.3, 0.4) is 0 Å². The molecule has 0 unspecified atom stereocenters. The zero-order valence-electron chi connectivity index (χ0n) is 11.4. The third-order valence-corrected chi connectivity index (χ3v) is 3.30. The molecule has 0 N–H and O–H groups in total. The first-order chi connectivity index (χ1) is 9.22. The molecule has 0 fully saturated rings. The number of hydrogen-bond donors (Lipinski definition) is 0. The first-order valence-corrected chi connectivity index (χ1v) is 6.67. The van der Waals surface area contributed by atoms with Crippen LogP contribution < -0.4 is 4.74 Å². The zero-order valence-corrected chi connectivity index (χ0v) is 11.4. The standard InChI is InChI=1S/C10H12O.C7H7F/c1-2-8-4-3-5-10-9(8)6-7-11-10;1-6-4-2-3-5-7(6)8/h3-5H,2,6-7H2,1H3;2-5H,1H3. The highest BCUT2D eigenvalue weighted by atomic mass is 19.1. The molecule has 0 amide bonds. The van der Waals surface area contributed by atoms with Crippen molar-refractivity contribution in [2.45, 2.75) is 26.7 Å². The maximum absolute atomic E-state index is 12.3. The quantitative estimate of drug-likeness (QED) is 0.740. The van der Waals surface area contributed by atoms with Crippen LogP contribution in [0.15, 0.2) is 42.5 Å². The van der Waals surface area contributed by atoms with E-state index >= 15 is 0 Å². The van der Waals surface area contributed by atoms with Gasteiger partial charge in [0.25, 0.3) is 0 Å². The molecular formula is C17H19FO. The lowest BCUT2D eigenvalue weighted by Gasteiger charge is -2.02. The van der Waals surface area contributed by atoms with Crippen LogP contribution in [0, 0.1) is 12.7 Å². The summed E-state index contributed by atoms with van der Waals surface area (Å²) in [6.07, 6.45) is 2.21. The number of rotatable bonds is 1. The molecule has 1 aliphatic heterocycles. The fraction of sp³-hybridized carbons (Fsp3) is 0.294. The van der Waals surface area contributed by atoms with Crippen LogP contribution in [0.4, 0.5) is 4.39 Å². The number of halogens is 1. The van der Waals surface area contributed by atoms with E-state index < -0.39 is 0 Å². The first-order valence-electron chi connectivity index (χ1n) is 6.67. The van der Waals surface area contributed by atoms with Crippen LogP contribution in [0.2, 0.25) is 0 Å². The first kappa shape index (κ1) is 13.6. The van der Waals surface area contributed by atoms with Crippen LogP contribution in [0.25, 0.3) is 0 Å². The van der Waals surface area contributed by atoms with Crippen LogP contribution in [0.5, 0.6) is 5.75 Å². The van der Waals surface area contributed by atoms with Gasteiger partial charge < -0.3 is 4.74 Å². The fourth-order valence-corrected chi connectivity index (χ4v) is 2.18. The maximum atomic E-state index is 12.3. The SMILES string of the molecule is CCc1cccc2c1CCO2.Cc1ccccc1F. The molecule has 1 nitrogen and oxygen atoms in total. The second-order valence-corrected chi connectivity index (χ2v) is 4.60. The molecule has 100 valence electrons. The summed E-state index contributed by atoms with van der Waals surface area (Å²) in [6, 6.07) is 13.0. The van der Waals surface area contributed by atoms with Crippen LogP contribution in [-0.4, -0.2) is 6.61 Å². The van der Waals surface area contributed by atoms with Crippen molar-refractivity contribution in [2.24, 2.45) is 0 Å². The van der Waals surface area contributed by atoms with Gasteiger partial charge in [-0.1, -0.05) is 37.3 Å². The van der Waals surface area contributed by atoms with E-state index in [1.54, 1.807) is 19.1 Å². The predicted octanol–water partition coefficient (Wildman–Crippen LogP) is 4.32. The molecule has 0 atom stereocenters. The number of ether oxygens (including phenoxy) is 1. The van der Waals surface area contributed by atoms with Crippen molar-refractivity contribution in [1.29, 1.82) is 0 Å². The third kappa shape index (κ3) is 3.34. The average molecular weight is 258 g/mol. The molecule has 0 aromatic heterocycles. The highest BCUT2D eigenvalue weighted by Gasteiger charge is 2.13. The third-order valence-electron chi connectivity index (χ3n) is 3.30. The van der Waals surface area contributed by atoms with Crippen LogP contribution >= 0.6 is 0 Å². The van der Waals surface area contributed by atoms with Gasteiger partial charge in [0.15, 0.2) is 0 Å². The molecule has 1 aliphatic rings. The van der Waals surface area contributed by atoms with E-state index in [4.69, 9.17) is 4.74 Å². The summed E-state index contributed by atoms with van der Waals surface area (Å²) in [5, 5.41) is 0. The molecule has 0 radical (unpaired) electrons. The Kier molecular flexibility index (Phi) is 4.56. The second-order valence-electron chi connectivity index (χ2n) is 4.60. The molecule has 2 aromatic rings. The molecule has 2 heteroatoms. The van der Waals surface area contributed by atoms with Crippen LogP contribution in [-0.2, 0) is 12.8 Å². The lowest BCUT2D eigenvalue weighted by atomic mass is 10.0. The Morgan fingerprint density at radius 1 is 1.11 bits per heavy atom. The van der Waals surface area contributed by atoms with Gasteiger partial charge >= 0.3 is 0 Å². The monoisotopic (exact) mass is 258 g/mol. The Balaban J connectivity index is 0.000000148. The Hall–Kier alpha value is -1.83. The number of aryl methyl sites for hydroxylation is 2. The Morgan fingerprint density at radius 2 is 1.89 bits per heavy atom. The minimum atomic E-state index is -0.132. The number of benzene rings is 2. The highest BCUT2D eigenvalue weighted by Crippen LogP contribution is 2.28. The summed E-state index contributed by atoms with van der Waals surface area (Å²) in [5.41, 5.74) is 3.57. The molecule has 19 heavy (non-hydrogen) atoms. The molecule has 1 heterocycles. The van der Waals surface area contributed by atoms with Gasteiger partial charge in [-0.25, -0.2) is 4.39 Å². The van der Waals surface area contributed by atoms with Gasteiger partial charge in [0.1, 0.15) is 11.6 Å². The van der Waals surface area contributed by atoms with Crippen molar-refractivity contribution in [3.05, 3.63) is 65.0 Å². The van der Waals surface area contributed by atoms with Crippen molar-refractivity contribution in [3.63, 3.8) is 0 Å². The van der Waals surface area contributed by atoms with E-state index in [2.05, 4.69) is 25.1 Å². The molecule has 0 saturated heterocycles. The van der Waals surface area contributed by atoms with E-state index in [0.29, 0.717) is 5.56 Å². The smallest absolute Gasteiger partial charge is 0.126 e. The average Bonchev–Trinajstić information content (AvgIpc) is 2.91. The van der Waals surface area contributed by atoms with Crippen molar-refractivity contribution in [1.82, 2.24) is 0 Å². The van der Waals surface area contributed by atoms with E-state index in [1.165, 1.54) is 17.2 Å². The lowest BCUT2D eigenvalue weighted by Crippen LogP contribution is -1.88. The Morgan fingerprint density at radius 3 is 2.53 bits per heavy atom. The van der Waals surface area contributed by atoms with Gasteiger partial charge in [0.05, 0.1) is 6.61 Å². The maximum Gasteiger partial charge on any atom is 0.126 e. The normalized spacial score (nSPS) is 12.2. The highest BCUT2D eigenvalue weighted by molar-refractivity contribution is 5.42. The summed E-state index contributed by atoms with van der Waals surface area (Å²) in [4.78, 5) is 0. The minimum absolute atomic E-state index is 0.132. The zero-order chi connectivity index (χ0) is 13.7. The minimum Gasteiger partial charge on any atom is -0.493 e.